The van der Waals surface area contributed by atoms with E-state index in [0.29, 0.717) is 17.4 Å². The topological polar surface area (TPSA) is 72.2 Å². The van der Waals surface area contributed by atoms with Crippen LogP contribution in [-0.4, -0.2) is 17.4 Å². The van der Waals surface area contributed by atoms with E-state index in [1.165, 1.54) is 18.2 Å². The Kier molecular flexibility index (Phi) is 4.84. The van der Waals surface area contributed by atoms with Crippen LogP contribution in [0, 0.1) is 10.1 Å². The zero-order chi connectivity index (χ0) is 12.8. The predicted molar refractivity (Wildman–Crippen MR) is 67.9 cm³/mol. The molecule has 0 bridgehead atoms. The second-order valence-corrected chi connectivity index (χ2v) is 4.20. The maximum atomic E-state index is 11.7. The number of benzene rings is 1. The minimum absolute atomic E-state index is 0.117. The molecular weight excluding hydrogens is 288 g/mol. The van der Waals surface area contributed by atoms with Crippen molar-refractivity contribution in [1.82, 2.24) is 5.32 Å². The molecule has 0 aromatic heterocycles. The van der Waals surface area contributed by atoms with Crippen molar-refractivity contribution in [1.29, 1.82) is 0 Å². The third kappa shape index (κ3) is 3.99. The number of nitrogens with zero attached hydrogens (tertiary/aromatic N) is 1. The molecule has 0 aliphatic rings. The van der Waals surface area contributed by atoms with Gasteiger partial charge in [-0.1, -0.05) is 22.0 Å². The number of rotatable bonds is 5. The molecule has 0 atom stereocenters. The average molecular weight is 299 g/mol. The molecule has 0 aliphatic heterocycles. The molecule has 5 nitrogen and oxygen atoms in total. The molecule has 0 fully saturated rings. The summed E-state index contributed by atoms with van der Waals surface area (Å²) in [5.74, 6) is -0.337. The van der Waals surface area contributed by atoms with Gasteiger partial charge in [-0.3, -0.25) is 14.9 Å². The van der Waals surface area contributed by atoms with Crippen molar-refractivity contribution >= 4 is 27.5 Å². The van der Waals surface area contributed by atoms with Crippen molar-refractivity contribution in [3.63, 3.8) is 0 Å². The van der Waals surface area contributed by atoms with Crippen LogP contribution in [-0.2, 0) is 0 Å². The Morgan fingerprint density at radius 2 is 2.24 bits per heavy atom. The molecular formula is C11H11BrN2O3. The van der Waals surface area contributed by atoms with E-state index < -0.39 is 4.92 Å². The van der Waals surface area contributed by atoms with Crippen molar-refractivity contribution in [3.05, 3.63) is 51.0 Å². The number of halogens is 1. The van der Waals surface area contributed by atoms with Crippen LogP contribution in [0.3, 0.4) is 0 Å². The first-order chi connectivity index (χ1) is 8.04. The largest absolute Gasteiger partial charge is 0.352 e. The van der Waals surface area contributed by atoms with Gasteiger partial charge in [-0.25, -0.2) is 0 Å². The fourth-order valence-electron chi connectivity index (χ4n) is 1.20. The second kappa shape index (κ2) is 6.15. The third-order valence-corrected chi connectivity index (χ3v) is 2.45. The van der Waals surface area contributed by atoms with E-state index in [0.717, 1.165) is 0 Å². The highest BCUT2D eigenvalue weighted by molar-refractivity contribution is 9.10. The Labute approximate surface area is 107 Å². The van der Waals surface area contributed by atoms with Gasteiger partial charge >= 0.3 is 0 Å². The lowest BCUT2D eigenvalue weighted by atomic mass is 10.2. The van der Waals surface area contributed by atoms with Gasteiger partial charge < -0.3 is 5.32 Å². The number of carbonyl (C=O) groups is 1. The number of hydrogen-bond acceptors (Lipinski definition) is 3. The molecule has 6 heteroatoms. The molecule has 0 heterocycles. The average Bonchev–Trinajstić information content (AvgIpc) is 2.28. The standard InChI is InChI=1S/C11H11BrN2O3/c1-2-3-4-13-11(15)8-5-9(12)7-10(6-8)14(16)17/h2,5-7H,1,3-4H2,(H,13,15). The molecule has 1 aromatic carbocycles. The lowest BCUT2D eigenvalue weighted by Gasteiger charge is -2.04. The van der Waals surface area contributed by atoms with Gasteiger partial charge in [-0.15, -0.1) is 6.58 Å². The SMILES string of the molecule is C=CCCNC(=O)c1cc(Br)cc([N+](=O)[O-])c1. The first-order valence-corrected chi connectivity index (χ1v) is 5.68. The molecule has 0 radical (unpaired) electrons. The summed E-state index contributed by atoms with van der Waals surface area (Å²) in [5.41, 5.74) is 0.142. The first-order valence-electron chi connectivity index (χ1n) is 4.88. The Morgan fingerprint density at radius 1 is 1.53 bits per heavy atom. The van der Waals surface area contributed by atoms with E-state index in [-0.39, 0.29) is 17.2 Å². The smallest absolute Gasteiger partial charge is 0.271 e. The van der Waals surface area contributed by atoms with Crippen molar-refractivity contribution in [3.8, 4) is 0 Å². The molecule has 0 unspecified atom stereocenters. The van der Waals surface area contributed by atoms with E-state index in [4.69, 9.17) is 0 Å². The maximum absolute atomic E-state index is 11.7. The number of nitrogens with one attached hydrogen (secondary N) is 1. The fraction of sp³-hybridized carbons (Fsp3) is 0.182. The number of carbonyl (C=O) groups excluding carboxylic acids is 1. The summed E-state index contributed by atoms with van der Waals surface area (Å²) in [6, 6.07) is 4.13. The molecule has 1 rings (SSSR count). The van der Waals surface area contributed by atoms with Crippen LogP contribution < -0.4 is 5.32 Å². The van der Waals surface area contributed by atoms with Gasteiger partial charge in [0.15, 0.2) is 0 Å². The van der Waals surface area contributed by atoms with E-state index in [1.807, 2.05) is 0 Å². The van der Waals surface area contributed by atoms with Gasteiger partial charge in [0.1, 0.15) is 0 Å². The Bertz CT molecular complexity index is 460. The molecule has 0 spiro atoms. The molecule has 0 aliphatic carbocycles. The summed E-state index contributed by atoms with van der Waals surface area (Å²) in [6.07, 6.45) is 2.34. The van der Waals surface area contributed by atoms with Crippen molar-refractivity contribution in [2.45, 2.75) is 6.42 Å². The van der Waals surface area contributed by atoms with Crippen LogP contribution in [0.15, 0.2) is 35.3 Å². The number of amides is 1. The highest BCUT2D eigenvalue weighted by Crippen LogP contribution is 2.21. The predicted octanol–water partition coefficient (Wildman–Crippen LogP) is 2.66. The van der Waals surface area contributed by atoms with Crippen LogP contribution in [0.4, 0.5) is 5.69 Å². The summed E-state index contributed by atoms with van der Waals surface area (Å²) in [4.78, 5) is 21.7. The normalized spacial score (nSPS) is 9.71. The van der Waals surface area contributed by atoms with Crippen LogP contribution in [0.2, 0.25) is 0 Å². The van der Waals surface area contributed by atoms with Gasteiger partial charge in [0.2, 0.25) is 0 Å². The minimum atomic E-state index is -0.536. The molecule has 0 saturated heterocycles. The highest BCUT2D eigenvalue weighted by Gasteiger charge is 2.13. The molecule has 0 saturated carbocycles. The van der Waals surface area contributed by atoms with Crippen molar-refractivity contribution in [2.24, 2.45) is 0 Å². The Balaban J connectivity index is 2.86. The van der Waals surface area contributed by atoms with Gasteiger partial charge in [0, 0.05) is 28.7 Å². The lowest BCUT2D eigenvalue weighted by molar-refractivity contribution is -0.385. The van der Waals surface area contributed by atoms with Crippen LogP contribution >= 0.6 is 15.9 Å². The van der Waals surface area contributed by atoms with Crippen LogP contribution in [0.25, 0.3) is 0 Å². The highest BCUT2D eigenvalue weighted by atomic mass is 79.9. The number of nitro benzene ring substituents is 1. The molecule has 90 valence electrons. The summed E-state index contributed by atoms with van der Waals surface area (Å²) in [7, 11) is 0. The summed E-state index contributed by atoms with van der Waals surface area (Å²) in [5, 5.41) is 13.3. The minimum Gasteiger partial charge on any atom is -0.352 e. The van der Waals surface area contributed by atoms with Gasteiger partial charge in [-0.2, -0.15) is 0 Å². The summed E-state index contributed by atoms with van der Waals surface area (Å²) in [6.45, 7) is 3.99. The summed E-state index contributed by atoms with van der Waals surface area (Å²) < 4.78 is 0.501. The van der Waals surface area contributed by atoms with E-state index in [2.05, 4.69) is 27.8 Å². The molecule has 1 N–H and O–H groups in total. The first kappa shape index (κ1) is 13.4. The van der Waals surface area contributed by atoms with E-state index in [9.17, 15) is 14.9 Å². The van der Waals surface area contributed by atoms with Gasteiger partial charge in [-0.05, 0) is 12.5 Å². The number of non-ortho nitro benzene ring substituents is 1. The monoisotopic (exact) mass is 298 g/mol. The number of nitro groups is 1. The van der Waals surface area contributed by atoms with Gasteiger partial charge in [0.05, 0.1) is 4.92 Å². The molecule has 1 amide bonds. The quantitative estimate of drug-likeness (QED) is 0.393. The second-order valence-electron chi connectivity index (χ2n) is 3.29. The molecule has 17 heavy (non-hydrogen) atoms. The van der Waals surface area contributed by atoms with Crippen LogP contribution in [0.5, 0.6) is 0 Å². The number of hydrogen-bond donors (Lipinski definition) is 1. The summed E-state index contributed by atoms with van der Waals surface area (Å²) >= 11 is 3.13. The van der Waals surface area contributed by atoms with E-state index >= 15 is 0 Å². The fourth-order valence-corrected chi connectivity index (χ4v) is 1.68. The van der Waals surface area contributed by atoms with Crippen molar-refractivity contribution < 1.29 is 9.72 Å². The maximum Gasteiger partial charge on any atom is 0.271 e. The zero-order valence-electron chi connectivity index (χ0n) is 8.98. The Hall–Kier alpha value is -1.69. The van der Waals surface area contributed by atoms with E-state index in [1.54, 1.807) is 6.08 Å². The Morgan fingerprint density at radius 3 is 2.82 bits per heavy atom. The van der Waals surface area contributed by atoms with Crippen molar-refractivity contribution in [2.75, 3.05) is 6.54 Å². The third-order valence-electron chi connectivity index (χ3n) is 1.99. The zero-order valence-corrected chi connectivity index (χ0v) is 10.6. The lowest BCUT2D eigenvalue weighted by Crippen LogP contribution is -2.24. The van der Waals surface area contributed by atoms with Gasteiger partial charge in [0.25, 0.3) is 11.6 Å². The van der Waals surface area contributed by atoms with Crippen LogP contribution in [0.1, 0.15) is 16.8 Å². The molecule has 1 aromatic rings.